The van der Waals surface area contributed by atoms with Gasteiger partial charge in [0.1, 0.15) is 5.82 Å². The summed E-state index contributed by atoms with van der Waals surface area (Å²) < 4.78 is 12.9. The Kier molecular flexibility index (Phi) is 4.46. The molecule has 1 aliphatic heterocycles. The van der Waals surface area contributed by atoms with Crippen LogP contribution < -0.4 is 16.0 Å². The molecule has 1 saturated heterocycles. The number of amides is 2. The third-order valence-electron chi connectivity index (χ3n) is 2.91. The predicted molar refractivity (Wildman–Crippen MR) is 69.1 cm³/mol. The normalized spacial score (nSPS) is 18.1. The van der Waals surface area contributed by atoms with Crippen molar-refractivity contribution in [3.05, 3.63) is 30.1 Å². The highest BCUT2D eigenvalue weighted by Gasteiger charge is 2.21. The van der Waals surface area contributed by atoms with Crippen LogP contribution in [0.1, 0.15) is 12.8 Å². The Hall–Kier alpha value is -1.95. The molecule has 1 unspecified atom stereocenters. The fraction of sp³-hybridized carbons (Fsp3) is 0.385. The Balaban J connectivity index is 1.76. The predicted octanol–water partition coefficient (Wildman–Crippen LogP) is 0.632. The molecule has 1 atom stereocenters. The maximum absolute atomic E-state index is 12.9. The van der Waals surface area contributed by atoms with Crippen LogP contribution in [0.15, 0.2) is 24.3 Å². The van der Waals surface area contributed by atoms with Gasteiger partial charge in [-0.1, -0.05) is 6.07 Å². The van der Waals surface area contributed by atoms with Gasteiger partial charge >= 0.3 is 0 Å². The molecule has 0 saturated carbocycles. The second-order valence-corrected chi connectivity index (χ2v) is 4.43. The minimum absolute atomic E-state index is 0.118. The molecule has 5 nitrogen and oxygen atoms in total. The molecule has 6 heteroatoms. The Morgan fingerprint density at radius 3 is 2.95 bits per heavy atom. The highest BCUT2D eigenvalue weighted by Crippen LogP contribution is 2.08. The van der Waals surface area contributed by atoms with Gasteiger partial charge in [0.2, 0.25) is 11.8 Å². The lowest BCUT2D eigenvalue weighted by Gasteiger charge is -2.11. The zero-order chi connectivity index (χ0) is 13.7. The van der Waals surface area contributed by atoms with E-state index in [2.05, 4.69) is 16.0 Å². The Morgan fingerprint density at radius 1 is 1.42 bits per heavy atom. The Morgan fingerprint density at radius 2 is 2.26 bits per heavy atom. The summed E-state index contributed by atoms with van der Waals surface area (Å²) in [7, 11) is 0. The van der Waals surface area contributed by atoms with Crippen molar-refractivity contribution < 1.29 is 14.0 Å². The summed E-state index contributed by atoms with van der Waals surface area (Å²) in [5.74, 6) is -0.971. The summed E-state index contributed by atoms with van der Waals surface area (Å²) in [6, 6.07) is 5.40. The molecule has 0 aliphatic carbocycles. The van der Waals surface area contributed by atoms with E-state index in [1.165, 1.54) is 18.2 Å². The second-order valence-electron chi connectivity index (χ2n) is 4.43. The van der Waals surface area contributed by atoms with Gasteiger partial charge in [-0.2, -0.15) is 0 Å². The molecule has 1 aromatic rings. The van der Waals surface area contributed by atoms with Crippen LogP contribution in [-0.2, 0) is 9.59 Å². The van der Waals surface area contributed by atoms with Crippen LogP contribution in [0.25, 0.3) is 0 Å². The van der Waals surface area contributed by atoms with Crippen molar-refractivity contribution in [3.8, 4) is 0 Å². The number of hydrogen-bond donors (Lipinski definition) is 3. The molecular formula is C13H16FN3O2. The van der Waals surface area contributed by atoms with Crippen molar-refractivity contribution in [1.82, 2.24) is 10.6 Å². The van der Waals surface area contributed by atoms with Gasteiger partial charge in [0.15, 0.2) is 0 Å². The average molecular weight is 265 g/mol. The van der Waals surface area contributed by atoms with Gasteiger partial charge in [-0.25, -0.2) is 4.39 Å². The summed E-state index contributed by atoms with van der Waals surface area (Å²) in [5.41, 5.74) is 0.373. The molecule has 0 spiro atoms. The van der Waals surface area contributed by atoms with Gasteiger partial charge < -0.3 is 16.0 Å². The number of carbonyl (C=O) groups excluding carboxylic acids is 2. The van der Waals surface area contributed by atoms with Crippen LogP contribution in [0.2, 0.25) is 0 Å². The van der Waals surface area contributed by atoms with Crippen molar-refractivity contribution in [2.75, 3.05) is 18.4 Å². The number of carbonyl (C=O) groups is 2. The van der Waals surface area contributed by atoms with E-state index in [0.29, 0.717) is 5.69 Å². The quantitative estimate of drug-likeness (QED) is 0.748. The Labute approximate surface area is 110 Å². The van der Waals surface area contributed by atoms with Gasteiger partial charge in [0.05, 0.1) is 12.6 Å². The first-order valence-electron chi connectivity index (χ1n) is 6.21. The van der Waals surface area contributed by atoms with E-state index in [4.69, 9.17) is 0 Å². The van der Waals surface area contributed by atoms with Crippen LogP contribution in [0.3, 0.4) is 0 Å². The van der Waals surface area contributed by atoms with Gasteiger partial charge in [0.25, 0.3) is 0 Å². The molecule has 3 N–H and O–H groups in total. The summed E-state index contributed by atoms with van der Waals surface area (Å²) in [6.45, 7) is 0.709. The zero-order valence-corrected chi connectivity index (χ0v) is 10.4. The molecule has 2 rings (SSSR count). The van der Waals surface area contributed by atoms with E-state index < -0.39 is 5.82 Å². The van der Waals surface area contributed by atoms with Crippen molar-refractivity contribution in [2.24, 2.45) is 0 Å². The van der Waals surface area contributed by atoms with Crippen molar-refractivity contribution in [1.29, 1.82) is 0 Å². The molecule has 2 amide bonds. The highest BCUT2D eigenvalue weighted by atomic mass is 19.1. The minimum atomic E-state index is -0.419. The number of anilines is 1. The molecule has 1 fully saturated rings. The van der Waals surface area contributed by atoms with Crippen molar-refractivity contribution in [3.63, 3.8) is 0 Å². The average Bonchev–Trinajstić information content (AvgIpc) is 2.90. The number of rotatable bonds is 4. The largest absolute Gasteiger partial charge is 0.346 e. The number of nitrogens with one attached hydrogen (secondary N) is 3. The molecular weight excluding hydrogens is 249 g/mol. The van der Waals surface area contributed by atoms with E-state index in [1.807, 2.05) is 0 Å². The van der Waals surface area contributed by atoms with E-state index >= 15 is 0 Å². The van der Waals surface area contributed by atoms with E-state index in [-0.39, 0.29) is 24.4 Å². The van der Waals surface area contributed by atoms with Gasteiger partial charge in [-0.15, -0.1) is 0 Å². The smallest absolute Gasteiger partial charge is 0.243 e. The number of benzene rings is 1. The summed E-state index contributed by atoms with van der Waals surface area (Å²) in [5, 5.41) is 8.11. The Bertz CT molecular complexity index is 473. The molecule has 102 valence electrons. The number of halogens is 1. The minimum Gasteiger partial charge on any atom is -0.346 e. The zero-order valence-electron chi connectivity index (χ0n) is 10.4. The molecule has 1 aromatic carbocycles. The maximum atomic E-state index is 12.9. The first kappa shape index (κ1) is 13.5. The fourth-order valence-electron chi connectivity index (χ4n) is 1.97. The molecule has 1 aliphatic rings. The first-order valence-corrected chi connectivity index (χ1v) is 6.21. The molecule has 0 bridgehead atoms. The topological polar surface area (TPSA) is 70.2 Å². The molecule has 0 radical (unpaired) electrons. The third kappa shape index (κ3) is 4.03. The van der Waals surface area contributed by atoms with Crippen LogP contribution in [-0.4, -0.2) is 30.9 Å². The summed E-state index contributed by atoms with van der Waals surface area (Å²) >= 11 is 0. The standard InChI is InChI=1S/C13H16FN3O2/c14-9-3-1-4-10(7-9)17-12(18)8-16-13(19)11-5-2-6-15-11/h1,3-4,7,11,15H,2,5-6,8H2,(H,16,19)(H,17,18). The first-order chi connectivity index (χ1) is 9.15. The van der Waals surface area contributed by atoms with Crippen molar-refractivity contribution >= 4 is 17.5 Å². The van der Waals surface area contributed by atoms with Gasteiger partial charge in [-0.3, -0.25) is 9.59 Å². The molecule has 0 aromatic heterocycles. The van der Waals surface area contributed by atoms with E-state index in [0.717, 1.165) is 19.4 Å². The fourth-order valence-corrected chi connectivity index (χ4v) is 1.97. The van der Waals surface area contributed by atoms with Gasteiger partial charge in [0, 0.05) is 5.69 Å². The molecule has 19 heavy (non-hydrogen) atoms. The second kappa shape index (κ2) is 6.29. The van der Waals surface area contributed by atoms with Crippen molar-refractivity contribution in [2.45, 2.75) is 18.9 Å². The summed E-state index contributed by atoms with van der Waals surface area (Å²) in [6.07, 6.45) is 1.75. The SMILES string of the molecule is O=C(CNC(=O)C1CCCN1)Nc1cccc(F)c1. The number of hydrogen-bond acceptors (Lipinski definition) is 3. The summed E-state index contributed by atoms with van der Waals surface area (Å²) in [4.78, 5) is 23.2. The monoisotopic (exact) mass is 265 g/mol. The van der Waals surface area contributed by atoms with Gasteiger partial charge in [-0.05, 0) is 37.6 Å². The van der Waals surface area contributed by atoms with E-state index in [1.54, 1.807) is 6.07 Å². The van der Waals surface area contributed by atoms with Crippen LogP contribution in [0, 0.1) is 5.82 Å². The lowest BCUT2D eigenvalue weighted by atomic mass is 10.2. The third-order valence-corrected chi connectivity index (χ3v) is 2.91. The van der Waals surface area contributed by atoms with Crippen LogP contribution >= 0.6 is 0 Å². The highest BCUT2D eigenvalue weighted by molar-refractivity contribution is 5.95. The maximum Gasteiger partial charge on any atom is 0.243 e. The van der Waals surface area contributed by atoms with Crippen LogP contribution in [0.4, 0.5) is 10.1 Å². The lowest BCUT2D eigenvalue weighted by Crippen LogP contribution is -2.43. The molecule has 1 heterocycles. The van der Waals surface area contributed by atoms with E-state index in [9.17, 15) is 14.0 Å². The van der Waals surface area contributed by atoms with Crippen LogP contribution in [0.5, 0.6) is 0 Å². The lowest BCUT2D eigenvalue weighted by molar-refractivity contribution is -0.125.